The molecule has 9 aromatic rings. The van der Waals surface area contributed by atoms with Crippen molar-refractivity contribution in [2.75, 3.05) is 0 Å². The molecule has 0 atom stereocenters. The highest BCUT2D eigenvalue weighted by Gasteiger charge is 2.22. The lowest BCUT2D eigenvalue weighted by Gasteiger charge is -2.11. The number of rotatable bonds is 1. The van der Waals surface area contributed by atoms with Crippen LogP contribution in [0, 0.1) is 0 Å². The molecule has 0 aliphatic heterocycles. The topological polar surface area (TPSA) is 23.0 Å². The van der Waals surface area contributed by atoms with Crippen LogP contribution in [-0.2, 0) is 7.05 Å². The summed E-state index contributed by atoms with van der Waals surface area (Å²) in [6.45, 7) is 0. The molecule has 3 heterocycles. The SMILES string of the molecule is Cn1c2ccccc2c2c3c4ccccc4n(-c4ccc5c(c4)oc4ccccc45)c3c3ccccc3c21. The van der Waals surface area contributed by atoms with Crippen LogP contribution in [0.25, 0.3) is 82.0 Å². The van der Waals surface area contributed by atoms with Gasteiger partial charge in [0.1, 0.15) is 11.2 Å². The quantitative estimate of drug-likeness (QED) is 0.227. The molecule has 38 heavy (non-hydrogen) atoms. The van der Waals surface area contributed by atoms with Gasteiger partial charge < -0.3 is 13.6 Å². The summed E-state index contributed by atoms with van der Waals surface area (Å²) in [5.74, 6) is 0. The number of aromatic nitrogens is 2. The molecule has 3 aromatic heterocycles. The van der Waals surface area contributed by atoms with E-state index in [-0.39, 0.29) is 0 Å². The van der Waals surface area contributed by atoms with Crippen molar-refractivity contribution in [3.05, 3.63) is 115 Å². The molecule has 0 radical (unpaired) electrons. The van der Waals surface area contributed by atoms with E-state index in [0.29, 0.717) is 0 Å². The van der Waals surface area contributed by atoms with E-state index >= 15 is 0 Å². The van der Waals surface area contributed by atoms with Crippen LogP contribution in [0.1, 0.15) is 0 Å². The molecular formula is C35H22N2O. The number of para-hydroxylation sites is 3. The zero-order chi connectivity index (χ0) is 25.0. The number of fused-ring (bicyclic) bond motifs is 13. The summed E-state index contributed by atoms with van der Waals surface area (Å²) in [6.07, 6.45) is 0. The van der Waals surface area contributed by atoms with E-state index in [9.17, 15) is 0 Å². The minimum Gasteiger partial charge on any atom is -0.456 e. The fourth-order valence-corrected chi connectivity index (χ4v) is 6.73. The van der Waals surface area contributed by atoms with Crippen LogP contribution in [-0.4, -0.2) is 9.13 Å². The first kappa shape index (κ1) is 20.1. The van der Waals surface area contributed by atoms with E-state index in [1.54, 1.807) is 0 Å². The molecular weight excluding hydrogens is 464 g/mol. The Hall–Kier alpha value is -5.02. The third kappa shape index (κ3) is 2.39. The summed E-state index contributed by atoms with van der Waals surface area (Å²) in [7, 11) is 2.19. The molecule has 0 aliphatic rings. The maximum Gasteiger partial charge on any atom is 0.137 e. The highest BCUT2D eigenvalue weighted by atomic mass is 16.3. The molecule has 0 amide bonds. The first-order valence-electron chi connectivity index (χ1n) is 13.0. The largest absolute Gasteiger partial charge is 0.456 e. The number of benzene rings is 6. The van der Waals surface area contributed by atoms with Gasteiger partial charge in [-0.1, -0.05) is 78.9 Å². The second-order valence-electron chi connectivity index (χ2n) is 10.2. The molecule has 3 heteroatoms. The van der Waals surface area contributed by atoms with Crippen LogP contribution in [0.3, 0.4) is 0 Å². The molecule has 6 aromatic carbocycles. The smallest absolute Gasteiger partial charge is 0.137 e. The molecule has 9 rings (SSSR count). The van der Waals surface area contributed by atoms with Crippen LogP contribution in [0.2, 0.25) is 0 Å². The number of hydrogen-bond donors (Lipinski definition) is 0. The molecule has 0 spiro atoms. The molecule has 0 bridgehead atoms. The van der Waals surface area contributed by atoms with Crippen LogP contribution >= 0.6 is 0 Å². The first-order chi connectivity index (χ1) is 18.8. The fraction of sp³-hybridized carbons (Fsp3) is 0.0286. The predicted molar refractivity (Wildman–Crippen MR) is 160 cm³/mol. The van der Waals surface area contributed by atoms with E-state index < -0.39 is 0 Å². The first-order valence-corrected chi connectivity index (χ1v) is 13.0. The standard InChI is InChI=1S/C35H22N2O/c1-36-28-15-7-4-13-26(28)32-33-27-14-5-8-16-29(27)37(35(33)25-12-3-2-11-24(25)34(32)36)21-18-19-23-22-10-6-9-17-30(22)38-31(23)20-21/h2-20H,1H3. The van der Waals surface area contributed by atoms with Crippen LogP contribution in [0.5, 0.6) is 0 Å². The van der Waals surface area contributed by atoms with Crippen LogP contribution in [0.15, 0.2) is 120 Å². The van der Waals surface area contributed by atoms with E-state index in [4.69, 9.17) is 4.42 Å². The van der Waals surface area contributed by atoms with Crippen molar-refractivity contribution in [1.29, 1.82) is 0 Å². The molecule has 0 unspecified atom stereocenters. The van der Waals surface area contributed by atoms with Gasteiger partial charge in [-0.15, -0.1) is 0 Å². The number of furan rings is 1. The fourth-order valence-electron chi connectivity index (χ4n) is 6.73. The lowest BCUT2D eigenvalue weighted by atomic mass is 9.99. The molecule has 0 saturated heterocycles. The van der Waals surface area contributed by atoms with Gasteiger partial charge in [0.15, 0.2) is 0 Å². The second kappa shape index (κ2) is 7.05. The van der Waals surface area contributed by atoms with Gasteiger partial charge in [0.2, 0.25) is 0 Å². The summed E-state index contributed by atoms with van der Waals surface area (Å²) < 4.78 is 11.1. The molecule has 0 saturated carbocycles. The van der Waals surface area contributed by atoms with Gasteiger partial charge in [-0.2, -0.15) is 0 Å². The van der Waals surface area contributed by atoms with Crippen molar-refractivity contribution in [3.63, 3.8) is 0 Å². The number of nitrogens with zero attached hydrogens (tertiary/aromatic N) is 2. The zero-order valence-corrected chi connectivity index (χ0v) is 20.8. The Morgan fingerprint density at radius 3 is 1.82 bits per heavy atom. The highest BCUT2D eigenvalue weighted by Crippen LogP contribution is 2.45. The summed E-state index contributed by atoms with van der Waals surface area (Å²) in [4.78, 5) is 0. The van der Waals surface area contributed by atoms with E-state index in [2.05, 4.69) is 119 Å². The lowest BCUT2D eigenvalue weighted by molar-refractivity contribution is 0.668. The Balaban J connectivity index is 1.55. The van der Waals surface area contributed by atoms with Gasteiger partial charge in [-0.3, -0.25) is 0 Å². The van der Waals surface area contributed by atoms with Gasteiger partial charge >= 0.3 is 0 Å². The molecule has 0 aliphatic carbocycles. The lowest BCUT2D eigenvalue weighted by Crippen LogP contribution is -1.95. The third-order valence-corrected chi connectivity index (χ3v) is 8.29. The maximum absolute atomic E-state index is 6.32. The summed E-state index contributed by atoms with van der Waals surface area (Å²) in [5, 5.41) is 9.98. The number of hydrogen-bond acceptors (Lipinski definition) is 1. The maximum atomic E-state index is 6.32. The van der Waals surface area contributed by atoms with Gasteiger partial charge in [-0.25, -0.2) is 0 Å². The van der Waals surface area contributed by atoms with E-state index in [1.165, 1.54) is 54.4 Å². The van der Waals surface area contributed by atoms with Crippen molar-refractivity contribution in [2.45, 2.75) is 0 Å². The van der Waals surface area contributed by atoms with Crippen LogP contribution < -0.4 is 0 Å². The summed E-state index contributed by atoms with van der Waals surface area (Å²) in [5.41, 5.74) is 7.90. The average Bonchev–Trinajstić information content (AvgIpc) is 3.61. The summed E-state index contributed by atoms with van der Waals surface area (Å²) in [6, 6.07) is 41.3. The molecule has 0 fully saturated rings. The highest BCUT2D eigenvalue weighted by molar-refractivity contribution is 6.37. The third-order valence-electron chi connectivity index (χ3n) is 8.29. The summed E-state index contributed by atoms with van der Waals surface area (Å²) >= 11 is 0. The van der Waals surface area contributed by atoms with Crippen LogP contribution in [0.4, 0.5) is 0 Å². The molecule has 178 valence electrons. The Morgan fingerprint density at radius 2 is 1.03 bits per heavy atom. The Labute approximate surface area is 217 Å². The van der Waals surface area contributed by atoms with E-state index in [1.807, 2.05) is 12.1 Å². The van der Waals surface area contributed by atoms with Gasteiger partial charge in [-0.05, 0) is 30.3 Å². The van der Waals surface area contributed by atoms with Crippen molar-refractivity contribution < 1.29 is 4.42 Å². The molecule has 3 nitrogen and oxygen atoms in total. The zero-order valence-electron chi connectivity index (χ0n) is 20.8. The normalized spacial score (nSPS) is 12.3. The Bertz CT molecular complexity index is 2420. The Morgan fingerprint density at radius 1 is 0.474 bits per heavy atom. The predicted octanol–water partition coefficient (Wildman–Crippen LogP) is 9.48. The van der Waals surface area contributed by atoms with Crippen molar-refractivity contribution >= 4 is 76.3 Å². The van der Waals surface area contributed by atoms with Crippen molar-refractivity contribution in [3.8, 4) is 5.69 Å². The Kier molecular flexibility index (Phi) is 3.73. The second-order valence-corrected chi connectivity index (χ2v) is 10.2. The van der Waals surface area contributed by atoms with E-state index in [0.717, 1.165) is 27.6 Å². The minimum absolute atomic E-state index is 0.908. The molecule has 0 N–H and O–H groups in total. The van der Waals surface area contributed by atoms with Gasteiger partial charge in [0, 0.05) is 67.4 Å². The van der Waals surface area contributed by atoms with Crippen molar-refractivity contribution in [2.24, 2.45) is 7.05 Å². The monoisotopic (exact) mass is 486 g/mol. The van der Waals surface area contributed by atoms with Gasteiger partial charge in [0.05, 0.1) is 16.6 Å². The average molecular weight is 487 g/mol. The number of aryl methyl sites for hydroxylation is 1. The van der Waals surface area contributed by atoms with Gasteiger partial charge in [0.25, 0.3) is 0 Å². The van der Waals surface area contributed by atoms with Crippen molar-refractivity contribution in [1.82, 2.24) is 9.13 Å². The minimum atomic E-state index is 0.908.